The molecule has 0 saturated carbocycles. The van der Waals surface area contributed by atoms with Gasteiger partial charge in [-0.1, -0.05) is 15.9 Å². The predicted molar refractivity (Wildman–Crippen MR) is 83.5 cm³/mol. The van der Waals surface area contributed by atoms with Gasteiger partial charge in [0.25, 0.3) is 0 Å². The fourth-order valence-electron chi connectivity index (χ4n) is 1.37. The third kappa shape index (κ3) is 3.10. The van der Waals surface area contributed by atoms with Crippen molar-refractivity contribution in [3.8, 4) is 0 Å². The Bertz CT molecular complexity index is 557. The molecule has 17 heavy (non-hydrogen) atoms. The van der Waals surface area contributed by atoms with E-state index in [1.807, 2.05) is 31.2 Å². The van der Waals surface area contributed by atoms with E-state index in [-0.39, 0.29) is 0 Å². The van der Waals surface area contributed by atoms with Gasteiger partial charge in [0.2, 0.25) is 0 Å². The van der Waals surface area contributed by atoms with Crippen LogP contribution in [0.4, 0.5) is 17.2 Å². The topological polar surface area (TPSA) is 50.9 Å². The van der Waals surface area contributed by atoms with Gasteiger partial charge < -0.3 is 11.1 Å². The lowest BCUT2D eigenvalue weighted by atomic mass is 10.2. The summed E-state index contributed by atoms with van der Waals surface area (Å²) in [7, 11) is 0. The first-order valence-electron chi connectivity index (χ1n) is 5.00. The molecule has 1 heterocycles. The Morgan fingerprint density at radius 3 is 2.82 bits per heavy atom. The number of aryl methyl sites for hydroxylation is 1. The molecule has 0 saturated heterocycles. The summed E-state index contributed by atoms with van der Waals surface area (Å²) >= 11 is 5.74. The largest absolute Gasteiger partial charge is 0.397 e. The molecule has 2 rings (SSSR count). The Balaban J connectivity index is 2.31. The van der Waals surface area contributed by atoms with Gasteiger partial charge in [0.15, 0.2) is 0 Å². The quantitative estimate of drug-likeness (QED) is 0.742. The molecule has 0 amide bonds. The second kappa shape index (κ2) is 5.22. The van der Waals surface area contributed by atoms with Gasteiger partial charge in [0.05, 0.1) is 17.6 Å². The monoisotopic (exact) mass is 403 g/mol. The molecule has 88 valence electrons. The number of halogens is 2. The number of rotatable bonds is 2. The molecule has 0 fully saturated rings. The van der Waals surface area contributed by atoms with Crippen LogP contribution in [0.3, 0.4) is 0 Å². The van der Waals surface area contributed by atoms with Gasteiger partial charge in [-0.15, -0.1) is 0 Å². The van der Waals surface area contributed by atoms with E-state index >= 15 is 0 Å². The summed E-state index contributed by atoms with van der Waals surface area (Å²) in [4.78, 5) is 4.25. The Labute approximate surface area is 122 Å². The van der Waals surface area contributed by atoms with Crippen LogP contribution in [0, 0.1) is 10.5 Å². The molecule has 3 N–H and O–H groups in total. The lowest BCUT2D eigenvalue weighted by Gasteiger charge is -2.09. The first-order chi connectivity index (χ1) is 8.06. The van der Waals surface area contributed by atoms with Crippen molar-refractivity contribution in [2.24, 2.45) is 0 Å². The molecule has 0 aliphatic rings. The maximum absolute atomic E-state index is 5.74. The second-order valence-corrected chi connectivity index (χ2v) is 5.75. The first kappa shape index (κ1) is 12.6. The highest BCUT2D eigenvalue weighted by molar-refractivity contribution is 14.1. The molecule has 0 aliphatic heterocycles. The summed E-state index contributed by atoms with van der Waals surface area (Å²) in [5, 5.41) is 3.28. The van der Waals surface area contributed by atoms with Crippen LogP contribution in [0.15, 0.2) is 34.9 Å². The first-order valence-corrected chi connectivity index (χ1v) is 6.87. The van der Waals surface area contributed by atoms with Gasteiger partial charge in [-0.3, -0.25) is 0 Å². The van der Waals surface area contributed by atoms with E-state index < -0.39 is 0 Å². The zero-order valence-corrected chi connectivity index (χ0v) is 12.9. The molecule has 5 heteroatoms. The van der Waals surface area contributed by atoms with Crippen molar-refractivity contribution in [2.45, 2.75) is 6.92 Å². The molecular weight excluding hydrogens is 393 g/mol. The predicted octanol–water partition coefficient (Wildman–Crippen LogP) is 4.08. The number of benzene rings is 1. The highest BCUT2D eigenvalue weighted by Crippen LogP contribution is 2.26. The molecule has 1 aromatic heterocycles. The van der Waals surface area contributed by atoms with Gasteiger partial charge in [-0.2, -0.15) is 0 Å². The number of aromatic nitrogens is 1. The van der Waals surface area contributed by atoms with E-state index in [2.05, 4.69) is 48.8 Å². The summed E-state index contributed by atoms with van der Waals surface area (Å²) in [6.45, 7) is 1.97. The number of nitrogens with two attached hydrogens (primary N) is 1. The summed E-state index contributed by atoms with van der Waals surface area (Å²) in [5.41, 5.74) is 8.49. The normalized spacial score (nSPS) is 10.3. The zero-order valence-electron chi connectivity index (χ0n) is 9.17. The minimum absolute atomic E-state index is 0.708. The number of pyridine rings is 1. The lowest BCUT2D eigenvalue weighted by Crippen LogP contribution is -1.98. The number of nitrogen functional groups attached to an aromatic ring is 1. The van der Waals surface area contributed by atoms with Gasteiger partial charge >= 0.3 is 0 Å². The van der Waals surface area contributed by atoms with E-state index in [1.54, 1.807) is 6.20 Å². The maximum Gasteiger partial charge on any atom is 0.130 e. The van der Waals surface area contributed by atoms with Gasteiger partial charge in [-0.05, 0) is 59.3 Å². The van der Waals surface area contributed by atoms with Crippen molar-refractivity contribution in [1.29, 1.82) is 0 Å². The minimum Gasteiger partial charge on any atom is -0.397 e. The van der Waals surface area contributed by atoms with Crippen LogP contribution in [-0.2, 0) is 0 Å². The molecule has 0 unspecified atom stereocenters. The summed E-state index contributed by atoms with van der Waals surface area (Å²) in [6, 6.07) is 8.01. The molecule has 0 atom stereocenters. The fraction of sp³-hybridized carbons (Fsp3) is 0.0833. The average molecular weight is 404 g/mol. The van der Waals surface area contributed by atoms with Crippen molar-refractivity contribution in [2.75, 3.05) is 11.1 Å². The van der Waals surface area contributed by atoms with Crippen LogP contribution >= 0.6 is 38.5 Å². The number of nitrogens with one attached hydrogen (secondary N) is 1. The number of hydrogen-bond donors (Lipinski definition) is 2. The summed E-state index contributed by atoms with van der Waals surface area (Å²) in [5.74, 6) is 0.799. The average Bonchev–Trinajstić information content (AvgIpc) is 2.29. The van der Waals surface area contributed by atoms with E-state index in [4.69, 9.17) is 5.73 Å². The van der Waals surface area contributed by atoms with E-state index in [0.29, 0.717) is 5.69 Å². The third-order valence-corrected chi connectivity index (χ3v) is 3.78. The standard InChI is InChI=1S/C12H11BrIN3/c1-7-4-12(16-6-10(7)15)17-11-5-8(13)2-3-9(11)14/h2-6H,15H2,1H3,(H,16,17). The van der Waals surface area contributed by atoms with Gasteiger partial charge in [0, 0.05) is 8.04 Å². The second-order valence-electron chi connectivity index (χ2n) is 3.68. The van der Waals surface area contributed by atoms with E-state index in [0.717, 1.165) is 25.1 Å². The van der Waals surface area contributed by atoms with Crippen LogP contribution in [0.2, 0.25) is 0 Å². The number of nitrogens with zero attached hydrogens (tertiary/aromatic N) is 1. The Hall–Kier alpha value is -0.820. The van der Waals surface area contributed by atoms with Gasteiger partial charge in [0.1, 0.15) is 5.82 Å². The Morgan fingerprint density at radius 2 is 2.12 bits per heavy atom. The van der Waals surface area contributed by atoms with Crippen molar-refractivity contribution >= 4 is 55.7 Å². The van der Waals surface area contributed by atoms with Crippen LogP contribution in [0.25, 0.3) is 0 Å². The van der Waals surface area contributed by atoms with Gasteiger partial charge in [-0.25, -0.2) is 4.98 Å². The number of hydrogen-bond acceptors (Lipinski definition) is 3. The highest BCUT2D eigenvalue weighted by Gasteiger charge is 2.03. The van der Waals surface area contributed by atoms with Crippen LogP contribution < -0.4 is 11.1 Å². The smallest absolute Gasteiger partial charge is 0.130 e. The van der Waals surface area contributed by atoms with Crippen molar-refractivity contribution in [3.63, 3.8) is 0 Å². The van der Waals surface area contributed by atoms with E-state index in [1.165, 1.54) is 0 Å². The lowest BCUT2D eigenvalue weighted by molar-refractivity contribution is 1.27. The Kier molecular flexibility index (Phi) is 3.88. The fourth-order valence-corrected chi connectivity index (χ4v) is 2.20. The summed E-state index contributed by atoms with van der Waals surface area (Å²) in [6.07, 6.45) is 1.67. The SMILES string of the molecule is Cc1cc(Nc2cc(Br)ccc2I)ncc1N. The number of anilines is 3. The molecule has 0 radical (unpaired) electrons. The minimum atomic E-state index is 0.708. The highest BCUT2D eigenvalue weighted by atomic mass is 127. The molecule has 1 aromatic carbocycles. The third-order valence-electron chi connectivity index (χ3n) is 2.34. The summed E-state index contributed by atoms with van der Waals surface area (Å²) < 4.78 is 2.18. The molecule has 3 nitrogen and oxygen atoms in total. The van der Waals surface area contributed by atoms with Crippen LogP contribution in [-0.4, -0.2) is 4.98 Å². The molecule has 0 spiro atoms. The molecular formula is C12H11BrIN3. The van der Waals surface area contributed by atoms with Crippen molar-refractivity contribution in [3.05, 3.63) is 44.1 Å². The van der Waals surface area contributed by atoms with Crippen molar-refractivity contribution < 1.29 is 0 Å². The van der Waals surface area contributed by atoms with Crippen LogP contribution in [0.5, 0.6) is 0 Å². The molecule has 2 aromatic rings. The molecule has 0 aliphatic carbocycles. The molecule has 0 bridgehead atoms. The maximum atomic E-state index is 5.74. The zero-order chi connectivity index (χ0) is 12.4. The van der Waals surface area contributed by atoms with Crippen molar-refractivity contribution in [1.82, 2.24) is 4.98 Å². The van der Waals surface area contributed by atoms with E-state index in [9.17, 15) is 0 Å². The Morgan fingerprint density at radius 1 is 1.35 bits per heavy atom. The van der Waals surface area contributed by atoms with Crippen LogP contribution in [0.1, 0.15) is 5.56 Å².